The van der Waals surface area contributed by atoms with Crippen LogP contribution in [0.4, 0.5) is 10.6 Å². The van der Waals surface area contributed by atoms with Crippen molar-refractivity contribution < 1.29 is 19.1 Å². The van der Waals surface area contributed by atoms with Crippen LogP contribution in [0.5, 0.6) is 5.75 Å². The summed E-state index contributed by atoms with van der Waals surface area (Å²) in [4.78, 5) is 41.1. The van der Waals surface area contributed by atoms with Gasteiger partial charge in [0.05, 0.1) is 25.1 Å². The first-order chi connectivity index (χ1) is 21.0. The number of rotatable bonds is 7. The molecule has 2 saturated heterocycles. The van der Waals surface area contributed by atoms with E-state index in [4.69, 9.17) is 19.4 Å². The van der Waals surface area contributed by atoms with E-state index in [9.17, 15) is 9.59 Å². The van der Waals surface area contributed by atoms with Gasteiger partial charge in [0.2, 0.25) is 5.91 Å². The van der Waals surface area contributed by atoms with E-state index < -0.39 is 5.60 Å². The summed E-state index contributed by atoms with van der Waals surface area (Å²) in [6.45, 7) is 8.11. The zero-order chi connectivity index (χ0) is 31.2. The Kier molecular flexibility index (Phi) is 7.79. The van der Waals surface area contributed by atoms with E-state index in [0.29, 0.717) is 30.8 Å². The van der Waals surface area contributed by atoms with Gasteiger partial charge in [0.1, 0.15) is 23.0 Å². The second-order valence-corrected chi connectivity index (χ2v) is 12.9. The lowest BCUT2D eigenvalue weighted by Crippen LogP contribution is -2.60. The van der Waals surface area contributed by atoms with Crippen LogP contribution in [0.1, 0.15) is 32.5 Å². The molecule has 3 aromatic carbocycles. The van der Waals surface area contributed by atoms with Gasteiger partial charge < -0.3 is 29.5 Å². The van der Waals surface area contributed by atoms with Crippen LogP contribution in [0.2, 0.25) is 0 Å². The maximum atomic E-state index is 13.1. The van der Waals surface area contributed by atoms with Crippen molar-refractivity contribution in [2.75, 3.05) is 59.2 Å². The minimum atomic E-state index is -0.555. The van der Waals surface area contributed by atoms with Crippen molar-refractivity contribution in [1.29, 1.82) is 0 Å². The fourth-order valence-corrected chi connectivity index (χ4v) is 5.65. The molecule has 0 radical (unpaired) electrons. The predicted molar refractivity (Wildman–Crippen MR) is 172 cm³/mol. The van der Waals surface area contributed by atoms with E-state index in [1.54, 1.807) is 12.0 Å². The lowest BCUT2D eigenvalue weighted by molar-refractivity contribution is -0.135. The SMILES string of the molecule is COc1cc(-c2ccc3nc(C4CN(C(=O)OC(C)(C)C)C4)nc(NCC(=O)N4CC(N(C)C)C4)c3c2)c2ccccc2c1. The van der Waals surface area contributed by atoms with Crippen LogP contribution < -0.4 is 10.1 Å². The molecule has 1 N–H and O–H groups in total. The van der Waals surface area contributed by atoms with Gasteiger partial charge in [-0.3, -0.25) is 4.79 Å². The molecule has 0 spiro atoms. The topological polar surface area (TPSA) is 100 Å². The van der Waals surface area contributed by atoms with Crippen LogP contribution in [-0.4, -0.2) is 102 Å². The van der Waals surface area contributed by atoms with Gasteiger partial charge in [0.15, 0.2) is 0 Å². The van der Waals surface area contributed by atoms with Crippen LogP contribution in [0, 0.1) is 0 Å². The lowest BCUT2D eigenvalue weighted by atomic mass is 9.96. The van der Waals surface area contributed by atoms with Crippen molar-refractivity contribution in [1.82, 2.24) is 24.7 Å². The molecule has 0 saturated carbocycles. The number of hydrogen-bond donors (Lipinski definition) is 1. The maximum Gasteiger partial charge on any atom is 0.410 e. The molecule has 0 unspecified atom stereocenters. The molecule has 2 fully saturated rings. The highest BCUT2D eigenvalue weighted by Gasteiger charge is 2.37. The van der Waals surface area contributed by atoms with Crippen molar-refractivity contribution in [2.24, 2.45) is 0 Å². The van der Waals surface area contributed by atoms with Gasteiger partial charge in [0.25, 0.3) is 0 Å². The molecule has 0 aliphatic carbocycles. The Morgan fingerprint density at radius 2 is 1.70 bits per heavy atom. The summed E-state index contributed by atoms with van der Waals surface area (Å²) >= 11 is 0. The van der Waals surface area contributed by atoms with Crippen LogP contribution in [0.25, 0.3) is 32.8 Å². The summed E-state index contributed by atoms with van der Waals surface area (Å²) in [5, 5.41) is 6.36. The fourth-order valence-electron chi connectivity index (χ4n) is 5.65. The average molecular weight is 597 g/mol. The number of carbonyl (C=O) groups is 2. The molecule has 3 heterocycles. The number of methoxy groups -OCH3 is 1. The number of likely N-dealkylation sites (tertiary alicyclic amines) is 2. The highest BCUT2D eigenvalue weighted by Crippen LogP contribution is 2.36. The molecule has 4 aromatic rings. The number of aromatic nitrogens is 2. The number of hydrogen-bond acceptors (Lipinski definition) is 8. The number of amides is 2. The molecule has 6 rings (SSSR count). The Morgan fingerprint density at radius 1 is 0.955 bits per heavy atom. The molecule has 10 heteroatoms. The number of ether oxygens (including phenoxy) is 2. The van der Waals surface area contributed by atoms with Crippen molar-refractivity contribution in [3.63, 3.8) is 0 Å². The lowest BCUT2D eigenvalue weighted by Gasteiger charge is -2.42. The average Bonchev–Trinajstić information content (AvgIpc) is 2.92. The van der Waals surface area contributed by atoms with Gasteiger partial charge in [0, 0.05) is 37.6 Å². The maximum absolute atomic E-state index is 13.1. The highest BCUT2D eigenvalue weighted by atomic mass is 16.6. The van der Waals surface area contributed by atoms with Crippen LogP contribution in [0.15, 0.2) is 54.6 Å². The van der Waals surface area contributed by atoms with Gasteiger partial charge in [-0.05, 0) is 81.0 Å². The van der Waals surface area contributed by atoms with Gasteiger partial charge in [-0.25, -0.2) is 14.8 Å². The molecular formula is C34H40N6O4. The third-order valence-electron chi connectivity index (χ3n) is 8.35. The number of benzene rings is 3. The normalized spacial score (nSPS) is 15.8. The van der Waals surface area contributed by atoms with E-state index in [1.807, 2.05) is 70.1 Å². The fraction of sp³-hybridized carbons (Fsp3) is 0.412. The molecule has 2 aliphatic rings. The first-order valence-corrected chi connectivity index (χ1v) is 15.0. The smallest absolute Gasteiger partial charge is 0.410 e. The summed E-state index contributed by atoms with van der Waals surface area (Å²) in [5.41, 5.74) is 2.25. The Hall–Kier alpha value is -4.44. The first-order valence-electron chi connectivity index (χ1n) is 15.0. The van der Waals surface area contributed by atoms with Crippen LogP contribution in [0.3, 0.4) is 0 Å². The van der Waals surface area contributed by atoms with E-state index in [1.165, 1.54) is 0 Å². The minimum Gasteiger partial charge on any atom is -0.497 e. The number of fused-ring (bicyclic) bond motifs is 2. The van der Waals surface area contributed by atoms with E-state index >= 15 is 0 Å². The third kappa shape index (κ3) is 5.99. The molecular weight excluding hydrogens is 556 g/mol. The molecule has 2 amide bonds. The Morgan fingerprint density at radius 3 is 2.41 bits per heavy atom. The Balaban J connectivity index is 1.32. The molecule has 0 bridgehead atoms. The molecule has 44 heavy (non-hydrogen) atoms. The van der Waals surface area contributed by atoms with Crippen molar-refractivity contribution >= 4 is 39.5 Å². The Labute approximate surface area is 257 Å². The van der Waals surface area contributed by atoms with E-state index in [2.05, 4.69) is 34.5 Å². The van der Waals surface area contributed by atoms with Gasteiger partial charge in [-0.1, -0.05) is 30.3 Å². The molecule has 0 atom stereocenters. The summed E-state index contributed by atoms with van der Waals surface area (Å²) < 4.78 is 11.1. The summed E-state index contributed by atoms with van der Waals surface area (Å²) in [7, 11) is 5.74. The molecule has 2 aliphatic heterocycles. The number of nitrogens with one attached hydrogen (secondary N) is 1. The number of anilines is 1. The second kappa shape index (κ2) is 11.6. The largest absolute Gasteiger partial charge is 0.497 e. The van der Waals surface area contributed by atoms with Gasteiger partial charge in [-0.2, -0.15) is 0 Å². The van der Waals surface area contributed by atoms with Crippen molar-refractivity contribution in [3.05, 3.63) is 60.4 Å². The first kappa shape index (κ1) is 29.6. The predicted octanol–water partition coefficient (Wildman–Crippen LogP) is 4.98. The third-order valence-corrected chi connectivity index (χ3v) is 8.35. The van der Waals surface area contributed by atoms with E-state index in [0.717, 1.165) is 51.6 Å². The van der Waals surface area contributed by atoms with Crippen LogP contribution in [-0.2, 0) is 9.53 Å². The van der Waals surface area contributed by atoms with E-state index in [-0.39, 0.29) is 24.5 Å². The Bertz CT molecular complexity index is 1720. The zero-order valence-electron chi connectivity index (χ0n) is 26.3. The van der Waals surface area contributed by atoms with Crippen molar-refractivity contribution in [2.45, 2.75) is 38.3 Å². The minimum absolute atomic E-state index is 0.0265. The van der Waals surface area contributed by atoms with Crippen LogP contribution >= 0.6 is 0 Å². The summed E-state index contributed by atoms with van der Waals surface area (Å²) in [6, 6.07) is 18.8. The van der Waals surface area contributed by atoms with Gasteiger partial charge >= 0.3 is 6.09 Å². The van der Waals surface area contributed by atoms with Gasteiger partial charge in [-0.15, -0.1) is 0 Å². The second-order valence-electron chi connectivity index (χ2n) is 12.9. The van der Waals surface area contributed by atoms with Crippen molar-refractivity contribution in [3.8, 4) is 16.9 Å². The summed E-state index contributed by atoms with van der Waals surface area (Å²) in [6.07, 6.45) is -0.334. The number of carbonyl (C=O) groups excluding carboxylic acids is 2. The molecule has 1 aromatic heterocycles. The molecule has 230 valence electrons. The number of likely N-dealkylation sites (N-methyl/N-ethyl adjacent to an activating group) is 1. The standard InChI is InChI=1S/C34H40N6O4/c1-34(2,3)44-33(42)40-17-23(18-40)31-36-29-12-11-22(27-15-25(43-6)13-21-9-7-8-10-26(21)27)14-28(29)32(37-31)35-16-30(41)39-19-24(20-39)38(4)5/h7-15,23-24H,16-20H2,1-6H3,(H,35,36,37). The quantitative estimate of drug-likeness (QED) is 0.319. The summed E-state index contributed by atoms with van der Waals surface area (Å²) in [5.74, 6) is 2.03. The highest BCUT2D eigenvalue weighted by molar-refractivity contribution is 6.01. The molecule has 10 nitrogen and oxygen atoms in total. The zero-order valence-corrected chi connectivity index (χ0v) is 26.3. The monoisotopic (exact) mass is 596 g/mol. The number of nitrogens with zero attached hydrogens (tertiary/aromatic N) is 5.